The van der Waals surface area contributed by atoms with Crippen LogP contribution in [0.1, 0.15) is 10.5 Å². The number of ether oxygens (including phenoxy) is 1. The number of carbonyl (C=O) groups excluding carboxylic acids is 1. The first-order valence-electron chi connectivity index (χ1n) is 9.42. The summed E-state index contributed by atoms with van der Waals surface area (Å²) in [4.78, 5) is 32.2. The third-order valence-corrected chi connectivity index (χ3v) is 5.38. The number of carbonyl (C=O) groups is 2. The number of carboxylic acids is 1. The molecule has 0 aliphatic carbocycles. The Morgan fingerprint density at radius 2 is 2.00 bits per heavy atom. The van der Waals surface area contributed by atoms with Gasteiger partial charge in [-0.15, -0.1) is 0 Å². The molecule has 12 heteroatoms. The van der Waals surface area contributed by atoms with Crippen LogP contribution in [0.4, 0.5) is 19.1 Å². The highest BCUT2D eigenvalue weighted by Crippen LogP contribution is 2.41. The molecule has 2 saturated heterocycles. The lowest BCUT2D eigenvalue weighted by molar-refractivity contribution is -0.192. The first-order valence-corrected chi connectivity index (χ1v) is 9.42. The maximum Gasteiger partial charge on any atom is 0.490 e. The lowest BCUT2D eigenvalue weighted by atomic mass is 9.81. The number of nitrogens with one attached hydrogen (secondary N) is 1. The molecule has 0 saturated carbocycles. The van der Waals surface area contributed by atoms with Gasteiger partial charge < -0.3 is 24.6 Å². The normalized spacial score (nSPS) is 22.5. The molecule has 2 fully saturated rings. The highest BCUT2D eigenvalue weighted by Gasteiger charge is 2.51. The van der Waals surface area contributed by atoms with Crippen LogP contribution < -0.4 is 10.2 Å². The Kier molecular flexibility index (Phi) is 6.48. The van der Waals surface area contributed by atoms with E-state index in [-0.39, 0.29) is 11.3 Å². The summed E-state index contributed by atoms with van der Waals surface area (Å²) >= 11 is 0. The number of nitrogens with zero attached hydrogens (tertiary/aromatic N) is 4. The molecule has 0 unspecified atom stereocenters. The van der Waals surface area contributed by atoms with Crippen molar-refractivity contribution in [3.05, 3.63) is 42.5 Å². The Labute approximate surface area is 175 Å². The van der Waals surface area contributed by atoms with Crippen LogP contribution in [-0.2, 0) is 16.6 Å². The zero-order valence-electron chi connectivity index (χ0n) is 16.7. The van der Waals surface area contributed by atoms with Crippen molar-refractivity contribution in [3.8, 4) is 0 Å². The average Bonchev–Trinajstić information content (AvgIpc) is 3.40. The van der Waals surface area contributed by atoms with Crippen LogP contribution in [0.3, 0.4) is 0 Å². The van der Waals surface area contributed by atoms with Crippen molar-refractivity contribution in [1.29, 1.82) is 0 Å². The molecule has 9 nitrogen and oxygen atoms in total. The summed E-state index contributed by atoms with van der Waals surface area (Å²) in [6.07, 6.45) is 0.312. The van der Waals surface area contributed by atoms with Crippen LogP contribution in [0.2, 0.25) is 0 Å². The summed E-state index contributed by atoms with van der Waals surface area (Å²) in [5, 5.41) is 10.2. The van der Waals surface area contributed by atoms with Crippen LogP contribution in [0, 0.1) is 11.3 Å². The van der Waals surface area contributed by atoms with Gasteiger partial charge in [-0.05, 0) is 18.2 Å². The Morgan fingerprint density at radius 1 is 1.32 bits per heavy atom. The Balaban J connectivity index is 0.000000339. The van der Waals surface area contributed by atoms with Crippen LogP contribution >= 0.6 is 0 Å². The van der Waals surface area contributed by atoms with Crippen LogP contribution in [0.15, 0.2) is 36.8 Å². The summed E-state index contributed by atoms with van der Waals surface area (Å²) in [5.74, 6) is -1.67. The van der Waals surface area contributed by atoms with E-state index in [1.165, 1.54) is 0 Å². The molecule has 31 heavy (non-hydrogen) atoms. The van der Waals surface area contributed by atoms with E-state index >= 15 is 0 Å². The molecule has 0 aromatic carbocycles. The SMILES string of the molecule is Cn1cccc1C(=O)NC[C@]12COC[C@H]1CN(c1ncccn1)C2.O=C(O)C(F)(F)F. The van der Waals surface area contributed by atoms with Gasteiger partial charge in [-0.1, -0.05) is 0 Å². The van der Waals surface area contributed by atoms with Crippen LogP contribution in [0.25, 0.3) is 0 Å². The molecule has 0 radical (unpaired) electrons. The standard InChI is InChI=1S/C17H21N5O2.C2HF3O2/c1-21-7-2-4-14(21)15(23)20-10-17-11-22(8-13(17)9-24-12-17)16-18-5-3-6-19-16;3-2(4,5)1(6)7/h2-7,13H,8-12H2,1H3,(H,20,23);(H,6,7)/t13-,17+;/m1./s1. The van der Waals surface area contributed by atoms with Gasteiger partial charge in [0.25, 0.3) is 5.91 Å². The molecular weight excluding hydrogens is 419 g/mol. The minimum absolute atomic E-state index is 0.0445. The molecule has 2 aliphatic rings. The first kappa shape index (κ1) is 22.5. The number of aryl methyl sites for hydroxylation is 1. The molecule has 2 aliphatic heterocycles. The Morgan fingerprint density at radius 3 is 2.58 bits per heavy atom. The lowest BCUT2D eigenvalue weighted by Crippen LogP contribution is -2.43. The smallest absolute Gasteiger partial charge is 0.475 e. The van der Waals surface area contributed by atoms with Crippen molar-refractivity contribution >= 4 is 17.8 Å². The van der Waals surface area contributed by atoms with Crippen molar-refractivity contribution in [2.24, 2.45) is 18.4 Å². The molecule has 2 atom stereocenters. The maximum atomic E-state index is 12.4. The van der Waals surface area contributed by atoms with Crippen LogP contribution in [0.5, 0.6) is 0 Å². The van der Waals surface area contributed by atoms with Gasteiger partial charge in [-0.3, -0.25) is 4.79 Å². The number of alkyl halides is 3. The molecule has 2 N–H and O–H groups in total. The number of rotatable bonds is 4. The third-order valence-electron chi connectivity index (χ3n) is 5.38. The third kappa shape index (κ3) is 5.13. The number of fused-ring (bicyclic) bond motifs is 1. The van der Waals surface area contributed by atoms with E-state index in [0.29, 0.717) is 24.8 Å². The van der Waals surface area contributed by atoms with Crippen molar-refractivity contribution in [2.75, 3.05) is 37.7 Å². The zero-order chi connectivity index (χ0) is 22.6. The van der Waals surface area contributed by atoms with Crippen molar-refractivity contribution in [1.82, 2.24) is 19.9 Å². The van der Waals surface area contributed by atoms with Crippen molar-refractivity contribution in [3.63, 3.8) is 0 Å². The van der Waals surface area contributed by atoms with E-state index in [1.807, 2.05) is 36.0 Å². The molecule has 168 valence electrons. The number of hydrogen-bond acceptors (Lipinski definition) is 6. The summed E-state index contributed by atoms with van der Waals surface area (Å²) in [6.45, 7) is 3.65. The number of anilines is 1. The van der Waals surface area contributed by atoms with E-state index in [1.54, 1.807) is 12.4 Å². The molecule has 0 bridgehead atoms. The van der Waals surface area contributed by atoms with Gasteiger partial charge in [-0.2, -0.15) is 13.2 Å². The zero-order valence-corrected chi connectivity index (χ0v) is 16.7. The summed E-state index contributed by atoms with van der Waals surface area (Å²) < 4.78 is 39.3. The predicted molar refractivity (Wildman–Crippen MR) is 102 cm³/mol. The average molecular weight is 441 g/mol. The number of halogens is 3. The second kappa shape index (κ2) is 8.92. The minimum Gasteiger partial charge on any atom is -0.475 e. The topological polar surface area (TPSA) is 110 Å². The summed E-state index contributed by atoms with van der Waals surface area (Å²) in [7, 11) is 1.87. The van der Waals surface area contributed by atoms with Crippen LogP contribution in [-0.4, -0.2) is 70.5 Å². The largest absolute Gasteiger partial charge is 0.490 e. The highest BCUT2D eigenvalue weighted by molar-refractivity contribution is 5.92. The van der Waals surface area contributed by atoms with Gasteiger partial charge in [0.1, 0.15) is 5.69 Å². The van der Waals surface area contributed by atoms with E-state index in [4.69, 9.17) is 14.6 Å². The fourth-order valence-corrected chi connectivity index (χ4v) is 3.73. The highest BCUT2D eigenvalue weighted by atomic mass is 19.4. The molecule has 1 amide bonds. The first-order chi connectivity index (χ1) is 14.6. The van der Waals surface area contributed by atoms with E-state index < -0.39 is 12.1 Å². The molecule has 2 aromatic heterocycles. The fraction of sp³-hybridized carbons (Fsp3) is 0.474. The van der Waals surface area contributed by atoms with Gasteiger partial charge in [0.05, 0.1) is 13.2 Å². The summed E-state index contributed by atoms with van der Waals surface area (Å²) in [6, 6.07) is 5.52. The molecule has 2 aromatic rings. The molecule has 4 heterocycles. The Bertz CT molecular complexity index is 921. The van der Waals surface area contributed by atoms with Gasteiger partial charge in [-0.25, -0.2) is 14.8 Å². The number of aliphatic carboxylic acids is 1. The van der Waals surface area contributed by atoms with E-state index in [2.05, 4.69) is 20.2 Å². The van der Waals surface area contributed by atoms with Crippen molar-refractivity contribution in [2.45, 2.75) is 6.18 Å². The van der Waals surface area contributed by atoms with Gasteiger partial charge in [0, 0.05) is 56.6 Å². The van der Waals surface area contributed by atoms with Gasteiger partial charge >= 0.3 is 12.1 Å². The second-order valence-corrected chi connectivity index (χ2v) is 7.49. The number of carboxylic acid groups (broad SMARTS) is 1. The second-order valence-electron chi connectivity index (χ2n) is 7.49. The van der Waals surface area contributed by atoms with Crippen molar-refractivity contribution < 1.29 is 32.6 Å². The molecular formula is C19H22F3N5O4. The number of amides is 1. The quantitative estimate of drug-likeness (QED) is 0.737. The Hall–Kier alpha value is -3.15. The van der Waals surface area contributed by atoms with E-state index in [9.17, 15) is 18.0 Å². The predicted octanol–water partition coefficient (Wildman–Crippen LogP) is 1.33. The molecule has 4 rings (SSSR count). The number of hydrogen-bond donors (Lipinski definition) is 2. The van der Waals surface area contributed by atoms with Gasteiger partial charge in [0.15, 0.2) is 0 Å². The number of aromatic nitrogens is 3. The molecule has 0 spiro atoms. The van der Waals surface area contributed by atoms with Gasteiger partial charge in [0.2, 0.25) is 5.95 Å². The van der Waals surface area contributed by atoms with E-state index in [0.717, 1.165) is 25.6 Å². The lowest BCUT2D eigenvalue weighted by Gasteiger charge is -2.27. The summed E-state index contributed by atoms with van der Waals surface area (Å²) in [5.41, 5.74) is 0.600. The monoisotopic (exact) mass is 441 g/mol. The fourth-order valence-electron chi connectivity index (χ4n) is 3.73. The minimum atomic E-state index is -5.08. The maximum absolute atomic E-state index is 12.4.